The van der Waals surface area contributed by atoms with Crippen LogP contribution in [0.15, 0.2) is 54.6 Å². The Labute approximate surface area is 77.6 Å². The highest BCUT2D eigenvalue weighted by Crippen LogP contribution is 2.21. The zero-order chi connectivity index (χ0) is 9.10. The summed E-state index contributed by atoms with van der Waals surface area (Å²) in [5.41, 5.74) is 1.89. The van der Waals surface area contributed by atoms with Gasteiger partial charge in [0.05, 0.1) is 6.10 Å². The van der Waals surface area contributed by atoms with Gasteiger partial charge < -0.3 is 5.11 Å². The molecule has 13 heavy (non-hydrogen) atoms. The van der Waals surface area contributed by atoms with E-state index in [0.29, 0.717) is 0 Å². The van der Waals surface area contributed by atoms with Crippen LogP contribution in [0.2, 0.25) is 0 Å². The van der Waals surface area contributed by atoms with Crippen molar-refractivity contribution in [2.75, 3.05) is 0 Å². The summed E-state index contributed by atoms with van der Waals surface area (Å²) in [4.78, 5) is 0. The molecular weight excluding hydrogens is 160 g/mol. The summed E-state index contributed by atoms with van der Waals surface area (Å²) in [5.74, 6) is 0. The largest absolute Gasteiger partial charge is 0.396 e. The first-order valence-corrected chi connectivity index (χ1v) is 4.32. The lowest BCUT2D eigenvalue weighted by Crippen LogP contribution is -1.96. The normalized spacial score (nSPS) is 12.7. The monoisotopic (exact) mass is 171 g/mol. The standard InChI is InChI=1S/C12H11O/c13-12(11-8-4-5-9-11)10-6-2-1-3-7-10/h1-9,12-13H/q-1. The molecular formula is C12H11O-. The molecule has 0 fully saturated rings. The Kier molecular flexibility index (Phi) is 2.19. The molecule has 0 aliphatic rings. The summed E-state index contributed by atoms with van der Waals surface area (Å²) in [6, 6.07) is 17.4. The van der Waals surface area contributed by atoms with Gasteiger partial charge in [0.15, 0.2) is 0 Å². The maximum atomic E-state index is 9.88. The lowest BCUT2D eigenvalue weighted by Gasteiger charge is -2.13. The molecule has 2 rings (SSSR count). The van der Waals surface area contributed by atoms with E-state index < -0.39 is 6.10 Å². The second-order valence-corrected chi connectivity index (χ2v) is 3.03. The van der Waals surface area contributed by atoms with Crippen molar-refractivity contribution in [2.45, 2.75) is 6.10 Å². The number of aliphatic hydroxyl groups is 1. The van der Waals surface area contributed by atoms with Crippen LogP contribution in [-0.4, -0.2) is 5.11 Å². The van der Waals surface area contributed by atoms with Crippen LogP contribution in [0.5, 0.6) is 0 Å². The Morgan fingerprint density at radius 2 is 1.54 bits per heavy atom. The Morgan fingerprint density at radius 1 is 0.923 bits per heavy atom. The minimum absolute atomic E-state index is 0.490. The van der Waals surface area contributed by atoms with Gasteiger partial charge in [0.1, 0.15) is 0 Å². The molecule has 2 aromatic carbocycles. The first-order chi connectivity index (χ1) is 6.38. The van der Waals surface area contributed by atoms with Gasteiger partial charge in [-0.3, -0.25) is 0 Å². The van der Waals surface area contributed by atoms with Crippen LogP contribution in [0.4, 0.5) is 0 Å². The zero-order valence-electron chi connectivity index (χ0n) is 7.22. The summed E-state index contributed by atoms with van der Waals surface area (Å²) in [5, 5.41) is 9.88. The Hall–Kier alpha value is -1.47. The fraction of sp³-hybridized carbons (Fsp3) is 0.0833. The van der Waals surface area contributed by atoms with Gasteiger partial charge in [-0.15, -0.1) is 5.56 Å². The SMILES string of the molecule is OC(c1ccccc1)[c-]1cccc1. The third kappa shape index (κ3) is 1.65. The van der Waals surface area contributed by atoms with Gasteiger partial charge in [0.2, 0.25) is 0 Å². The molecule has 0 saturated heterocycles. The maximum Gasteiger partial charge on any atom is 0.0602 e. The molecule has 1 nitrogen and oxygen atoms in total. The zero-order valence-corrected chi connectivity index (χ0v) is 7.22. The molecule has 66 valence electrons. The molecule has 0 saturated carbocycles. The number of rotatable bonds is 2. The molecule has 1 unspecified atom stereocenters. The molecule has 2 aromatic rings. The van der Waals surface area contributed by atoms with Crippen LogP contribution >= 0.6 is 0 Å². The summed E-state index contributed by atoms with van der Waals surface area (Å²) >= 11 is 0. The molecule has 1 atom stereocenters. The molecule has 0 bridgehead atoms. The third-order valence-electron chi connectivity index (χ3n) is 2.12. The van der Waals surface area contributed by atoms with E-state index >= 15 is 0 Å². The van der Waals surface area contributed by atoms with Crippen molar-refractivity contribution in [3.05, 3.63) is 65.7 Å². The van der Waals surface area contributed by atoms with E-state index in [-0.39, 0.29) is 0 Å². The highest BCUT2D eigenvalue weighted by Gasteiger charge is 2.03. The highest BCUT2D eigenvalue weighted by molar-refractivity contribution is 5.29. The van der Waals surface area contributed by atoms with Crippen molar-refractivity contribution in [1.29, 1.82) is 0 Å². The van der Waals surface area contributed by atoms with Crippen molar-refractivity contribution < 1.29 is 5.11 Å². The van der Waals surface area contributed by atoms with Crippen LogP contribution in [0.25, 0.3) is 0 Å². The molecule has 0 aromatic heterocycles. The van der Waals surface area contributed by atoms with E-state index in [1.54, 1.807) is 0 Å². The van der Waals surface area contributed by atoms with Crippen molar-refractivity contribution in [2.24, 2.45) is 0 Å². The molecule has 0 amide bonds. The molecule has 0 spiro atoms. The van der Waals surface area contributed by atoms with E-state index in [1.165, 1.54) is 0 Å². The Balaban J connectivity index is 2.29. The second kappa shape index (κ2) is 3.50. The van der Waals surface area contributed by atoms with Crippen LogP contribution < -0.4 is 0 Å². The van der Waals surface area contributed by atoms with Gasteiger partial charge in [-0.25, -0.2) is 12.1 Å². The third-order valence-corrected chi connectivity index (χ3v) is 2.12. The van der Waals surface area contributed by atoms with Crippen molar-refractivity contribution >= 4 is 0 Å². The summed E-state index contributed by atoms with van der Waals surface area (Å²) in [6.45, 7) is 0. The van der Waals surface area contributed by atoms with Crippen molar-refractivity contribution in [3.8, 4) is 0 Å². The van der Waals surface area contributed by atoms with Crippen LogP contribution in [0.3, 0.4) is 0 Å². The van der Waals surface area contributed by atoms with Gasteiger partial charge in [-0.1, -0.05) is 30.3 Å². The van der Waals surface area contributed by atoms with E-state index in [4.69, 9.17) is 0 Å². The first kappa shape index (κ1) is 8.14. The quantitative estimate of drug-likeness (QED) is 0.688. The number of hydrogen-bond donors (Lipinski definition) is 1. The van der Waals surface area contributed by atoms with Gasteiger partial charge in [0.25, 0.3) is 0 Å². The van der Waals surface area contributed by atoms with E-state index in [1.807, 2.05) is 54.6 Å². The fourth-order valence-electron chi connectivity index (χ4n) is 1.40. The lowest BCUT2D eigenvalue weighted by atomic mass is 10.0. The summed E-state index contributed by atoms with van der Waals surface area (Å²) in [6.07, 6.45) is -0.490. The first-order valence-electron chi connectivity index (χ1n) is 4.32. The van der Waals surface area contributed by atoms with Gasteiger partial charge >= 0.3 is 0 Å². The van der Waals surface area contributed by atoms with E-state index in [2.05, 4.69) is 0 Å². The maximum absolute atomic E-state index is 9.88. The predicted molar refractivity (Wildman–Crippen MR) is 52.5 cm³/mol. The molecule has 0 aliphatic heterocycles. The second-order valence-electron chi connectivity index (χ2n) is 3.03. The van der Waals surface area contributed by atoms with Crippen LogP contribution in [0, 0.1) is 0 Å². The number of hydrogen-bond acceptors (Lipinski definition) is 1. The smallest absolute Gasteiger partial charge is 0.0602 e. The number of aliphatic hydroxyl groups excluding tert-OH is 1. The van der Waals surface area contributed by atoms with Gasteiger partial charge in [-0.05, 0) is 5.56 Å². The molecule has 1 N–H and O–H groups in total. The van der Waals surface area contributed by atoms with E-state index in [9.17, 15) is 5.11 Å². The number of benzene rings is 1. The van der Waals surface area contributed by atoms with Crippen molar-refractivity contribution in [3.63, 3.8) is 0 Å². The topological polar surface area (TPSA) is 20.2 Å². The van der Waals surface area contributed by atoms with Crippen molar-refractivity contribution in [1.82, 2.24) is 0 Å². The average Bonchev–Trinajstić information content (AvgIpc) is 2.71. The lowest BCUT2D eigenvalue weighted by molar-refractivity contribution is 0.220. The average molecular weight is 171 g/mol. The fourth-order valence-corrected chi connectivity index (χ4v) is 1.40. The van der Waals surface area contributed by atoms with Gasteiger partial charge in [-0.2, -0.15) is 12.1 Å². The molecule has 0 aliphatic carbocycles. The highest BCUT2D eigenvalue weighted by atomic mass is 16.3. The summed E-state index contributed by atoms with van der Waals surface area (Å²) in [7, 11) is 0. The predicted octanol–water partition coefficient (Wildman–Crippen LogP) is 2.49. The van der Waals surface area contributed by atoms with Gasteiger partial charge in [0, 0.05) is 0 Å². The minimum atomic E-state index is -0.490. The Bertz CT molecular complexity index is 348. The Morgan fingerprint density at radius 3 is 2.15 bits per heavy atom. The molecule has 0 heterocycles. The molecule has 1 heteroatoms. The van der Waals surface area contributed by atoms with Crippen LogP contribution in [-0.2, 0) is 0 Å². The van der Waals surface area contributed by atoms with Crippen LogP contribution in [0.1, 0.15) is 17.2 Å². The summed E-state index contributed by atoms with van der Waals surface area (Å²) < 4.78 is 0. The van der Waals surface area contributed by atoms with E-state index in [0.717, 1.165) is 11.1 Å². The molecule has 0 radical (unpaired) electrons. The minimum Gasteiger partial charge on any atom is -0.396 e.